The molecule has 2 aromatic rings. The number of nitrogens with two attached hydrogens (primary N) is 1. The van der Waals surface area contributed by atoms with Crippen LogP contribution in [0.3, 0.4) is 0 Å². The zero-order valence-electron chi connectivity index (χ0n) is 11.2. The third-order valence-corrected chi connectivity index (χ3v) is 5.35. The molecule has 2 heterocycles. The number of thiazole rings is 1. The predicted octanol–water partition coefficient (Wildman–Crippen LogP) is 1.05. The van der Waals surface area contributed by atoms with E-state index in [1.165, 1.54) is 11.3 Å². The maximum absolute atomic E-state index is 12.5. The van der Waals surface area contributed by atoms with Crippen molar-refractivity contribution in [2.45, 2.75) is 6.42 Å². The molecule has 1 fully saturated rings. The largest absolute Gasteiger partial charge is 0.338 e. The first-order chi connectivity index (χ1) is 9.92. The molecule has 1 aliphatic rings. The lowest BCUT2D eigenvalue weighted by Gasteiger charge is -2.16. The number of amides is 1. The maximum Gasteiger partial charge on any atom is 0.253 e. The van der Waals surface area contributed by atoms with Crippen LogP contribution >= 0.6 is 11.3 Å². The van der Waals surface area contributed by atoms with E-state index in [2.05, 4.69) is 4.98 Å². The predicted molar refractivity (Wildman–Crippen MR) is 81.6 cm³/mol. The van der Waals surface area contributed by atoms with Gasteiger partial charge in [-0.25, -0.2) is 18.5 Å². The lowest BCUT2D eigenvalue weighted by molar-refractivity contribution is 0.0788. The number of likely N-dealkylation sites (tertiary alicyclic amines) is 1. The lowest BCUT2D eigenvalue weighted by Crippen LogP contribution is -2.30. The second kappa shape index (κ2) is 5.36. The number of rotatable bonds is 3. The highest BCUT2D eigenvalue weighted by molar-refractivity contribution is 7.89. The monoisotopic (exact) mass is 325 g/mol. The van der Waals surface area contributed by atoms with E-state index >= 15 is 0 Å². The van der Waals surface area contributed by atoms with E-state index in [0.717, 1.165) is 10.2 Å². The third kappa shape index (κ3) is 3.22. The number of fused-ring (bicyclic) bond motifs is 1. The molecule has 3 rings (SSSR count). The van der Waals surface area contributed by atoms with Crippen molar-refractivity contribution in [3.63, 3.8) is 0 Å². The Morgan fingerprint density at radius 2 is 2.29 bits per heavy atom. The number of hydrogen-bond acceptors (Lipinski definition) is 5. The van der Waals surface area contributed by atoms with Crippen LogP contribution < -0.4 is 5.14 Å². The van der Waals surface area contributed by atoms with Crippen LogP contribution in [0.4, 0.5) is 0 Å². The van der Waals surface area contributed by atoms with Crippen LogP contribution in [0.1, 0.15) is 16.8 Å². The SMILES string of the molecule is NS(=O)(=O)CC1CCN(C(=O)c2ccc3ncsc3c2)C1. The average Bonchev–Trinajstić information content (AvgIpc) is 3.03. The Bertz CT molecular complexity index is 785. The van der Waals surface area contributed by atoms with Crippen LogP contribution in [0.25, 0.3) is 10.2 Å². The quantitative estimate of drug-likeness (QED) is 0.912. The van der Waals surface area contributed by atoms with Gasteiger partial charge in [0.2, 0.25) is 10.0 Å². The van der Waals surface area contributed by atoms with Crippen LogP contribution in [0.5, 0.6) is 0 Å². The Balaban J connectivity index is 1.74. The van der Waals surface area contributed by atoms with Gasteiger partial charge in [0.15, 0.2) is 0 Å². The Hall–Kier alpha value is -1.51. The Labute approximate surface area is 126 Å². The zero-order valence-corrected chi connectivity index (χ0v) is 12.9. The second-order valence-electron chi connectivity index (χ2n) is 5.27. The van der Waals surface area contributed by atoms with Gasteiger partial charge in [-0.05, 0) is 30.5 Å². The van der Waals surface area contributed by atoms with Crippen molar-refractivity contribution in [2.24, 2.45) is 11.1 Å². The van der Waals surface area contributed by atoms with Gasteiger partial charge in [-0.2, -0.15) is 0 Å². The summed E-state index contributed by atoms with van der Waals surface area (Å²) in [6, 6.07) is 5.43. The van der Waals surface area contributed by atoms with Crippen molar-refractivity contribution in [2.75, 3.05) is 18.8 Å². The standard InChI is InChI=1S/C13H15N3O3S2/c14-21(18,19)7-9-3-4-16(6-9)13(17)10-1-2-11-12(5-10)20-8-15-11/h1-2,5,8-9H,3-4,6-7H2,(H2,14,18,19). The summed E-state index contributed by atoms with van der Waals surface area (Å²) in [5, 5.41) is 5.06. The van der Waals surface area contributed by atoms with E-state index in [9.17, 15) is 13.2 Å². The molecule has 0 aliphatic carbocycles. The molecule has 1 aliphatic heterocycles. The molecule has 1 amide bonds. The minimum atomic E-state index is -3.49. The van der Waals surface area contributed by atoms with Crippen LogP contribution in [0.2, 0.25) is 0 Å². The number of sulfonamides is 1. The summed E-state index contributed by atoms with van der Waals surface area (Å²) in [4.78, 5) is 18.3. The normalized spacial score (nSPS) is 19.3. The summed E-state index contributed by atoms with van der Waals surface area (Å²) in [5.74, 6) is -0.205. The van der Waals surface area contributed by atoms with Crippen molar-refractivity contribution in [1.82, 2.24) is 9.88 Å². The summed E-state index contributed by atoms with van der Waals surface area (Å²) in [5.41, 5.74) is 3.24. The highest BCUT2D eigenvalue weighted by Gasteiger charge is 2.29. The van der Waals surface area contributed by atoms with E-state index in [4.69, 9.17) is 5.14 Å². The summed E-state index contributed by atoms with van der Waals surface area (Å²) in [7, 11) is -3.49. The first-order valence-corrected chi connectivity index (χ1v) is 9.15. The van der Waals surface area contributed by atoms with Crippen LogP contribution in [0.15, 0.2) is 23.7 Å². The van der Waals surface area contributed by atoms with Gasteiger partial charge >= 0.3 is 0 Å². The average molecular weight is 325 g/mol. The molecule has 0 radical (unpaired) electrons. The van der Waals surface area contributed by atoms with Crippen molar-refractivity contribution < 1.29 is 13.2 Å². The summed E-state index contributed by atoms with van der Waals surface area (Å²) in [6.45, 7) is 1.01. The molecule has 2 N–H and O–H groups in total. The molecule has 1 saturated heterocycles. The zero-order chi connectivity index (χ0) is 15.0. The first kappa shape index (κ1) is 14.4. The summed E-state index contributed by atoms with van der Waals surface area (Å²) in [6.07, 6.45) is 0.672. The fourth-order valence-electron chi connectivity index (χ4n) is 2.65. The van der Waals surface area contributed by atoms with Gasteiger partial charge in [0.05, 0.1) is 21.5 Å². The summed E-state index contributed by atoms with van der Waals surface area (Å²) < 4.78 is 23.2. The van der Waals surface area contributed by atoms with Crippen LogP contribution in [0, 0.1) is 5.92 Å². The van der Waals surface area contributed by atoms with Crippen LogP contribution in [-0.2, 0) is 10.0 Å². The molecule has 1 aromatic heterocycles. The van der Waals surface area contributed by atoms with Gasteiger partial charge in [-0.1, -0.05) is 0 Å². The molecular weight excluding hydrogens is 310 g/mol. The lowest BCUT2D eigenvalue weighted by atomic mass is 10.1. The fourth-order valence-corrected chi connectivity index (χ4v) is 4.30. The molecule has 8 heteroatoms. The van der Waals surface area contributed by atoms with E-state index < -0.39 is 10.0 Å². The molecule has 1 unspecified atom stereocenters. The number of carbonyl (C=O) groups excluding carboxylic acids is 1. The first-order valence-electron chi connectivity index (χ1n) is 6.55. The molecule has 6 nitrogen and oxygen atoms in total. The molecule has 0 saturated carbocycles. The van der Waals surface area contributed by atoms with Crippen LogP contribution in [-0.4, -0.2) is 43.1 Å². The minimum absolute atomic E-state index is 0.0648. The molecule has 0 bridgehead atoms. The van der Waals surface area contributed by atoms with E-state index in [1.54, 1.807) is 16.5 Å². The number of hydrogen-bond donors (Lipinski definition) is 1. The molecule has 1 aromatic carbocycles. The van der Waals surface area contributed by atoms with Gasteiger partial charge in [-0.3, -0.25) is 4.79 Å². The Morgan fingerprint density at radius 3 is 3.05 bits per heavy atom. The fraction of sp³-hybridized carbons (Fsp3) is 0.385. The maximum atomic E-state index is 12.5. The highest BCUT2D eigenvalue weighted by Crippen LogP contribution is 2.23. The van der Waals surface area contributed by atoms with Crippen molar-refractivity contribution in [3.05, 3.63) is 29.3 Å². The van der Waals surface area contributed by atoms with Gasteiger partial charge in [0.1, 0.15) is 0 Å². The molecule has 21 heavy (non-hydrogen) atoms. The number of aromatic nitrogens is 1. The minimum Gasteiger partial charge on any atom is -0.338 e. The van der Waals surface area contributed by atoms with Gasteiger partial charge in [-0.15, -0.1) is 11.3 Å². The third-order valence-electron chi connectivity index (χ3n) is 3.62. The number of benzene rings is 1. The van der Waals surface area contributed by atoms with Crippen molar-refractivity contribution >= 4 is 37.5 Å². The van der Waals surface area contributed by atoms with Crippen molar-refractivity contribution in [1.29, 1.82) is 0 Å². The summed E-state index contributed by atoms with van der Waals surface area (Å²) >= 11 is 1.49. The van der Waals surface area contributed by atoms with E-state index in [-0.39, 0.29) is 17.6 Å². The van der Waals surface area contributed by atoms with E-state index in [1.807, 2.05) is 12.1 Å². The van der Waals surface area contributed by atoms with Gasteiger partial charge < -0.3 is 4.90 Å². The van der Waals surface area contributed by atoms with E-state index in [0.29, 0.717) is 25.1 Å². The molecule has 112 valence electrons. The molecule has 0 spiro atoms. The Morgan fingerprint density at radius 1 is 1.48 bits per heavy atom. The Kier molecular flexibility index (Phi) is 3.68. The second-order valence-corrected chi connectivity index (χ2v) is 7.82. The number of carbonyl (C=O) groups is 1. The highest BCUT2D eigenvalue weighted by atomic mass is 32.2. The topological polar surface area (TPSA) is 93.4 Å². The molecule has 1 atom stereocenters. The number of nitrogens with zero attached hydrogens (tertiary/aromatic N) is 2. The number of primary sulfonamides is 1. The molecular formula is C13H15N3O3S2. The van der Waals surface area contributed by atoms with Gasteiger partial charge in [0, 0.05) is 18.7 Å². The smallest absolute Gasteiger partial charge is 0.253 e. The van der Waals surface area contributed by atoms with Crippen molar-refractivity contribution in [3.8, 4) is 0 Å². The van der Waals surface area contributed by atoms with Gasteiger partial charge in [0.25, 0.3) is 5.91 Å².